The molecule has 0 radical (unpaired) electrons. The van der Waals surface area contributed by atoms with Crippen molar-refractivity contribution in [2.24, 2.45) is 35.3 Å². The van der Waals surface area contributed by atoms with Crippen molar-refractivity contribution in [3.63, 3.8) is 0 Å². The number of likely N-dealkylation sites (tertiary alicyclic amines) is 1. The van der Waals surface area contributed by atoms with Crippen molar-refractivity contribution in [1.29, 1.82) is 0 Å². The Hall–Kier alpha value is -8.95. The number of benzene rings is 3. The molecule has 1 aliphatic rings. The van der Waals surface area contributed by atoms with Crippen molar-refractivity contribution < 1.29 is 72.1 Å². The molecule has 0 spiro atoms. The van der Waals surface area contributed by atoms with Gasteiger partial charge in [-0.2, -0.15) is 0 Å². The summed E-state index contributed by atoms with van der Waals surface area (Å²) in [4.78, 5) is 153. The number of hydrogen-bond acceptors (Lipinski definition) is 15. The minimum absolute atomic E-state index is 0.00168. The average Bonchev–Trinajstić information content (AvgIpc) is 1.44. The third-order valence-electron chi connectivity index (χ3n) is 18.2. The molecule has 12 amide bonds. The van der Waals surface area contributed by atoms with E-state index < -0.39 is 132 Å². The van der Waals surface area contributed by atoms with Crippen LogP contribution in [0.4, 0.5) is 26.7 Å². The topological polar surface area (TPSA) is 368 Å². The van der Waals surface area contributed by atoms with Gasteiger partial charge in [-0.1, -0.05) is 130 Å². The van der Waals surface area contributed by atoms with E-state index in [1.807, 2.05) is 32.0 Å². The third-order valence-corrected chi connectivity index (χ3v) is 18.2. The van der Waals surface area contributed by atoms with Gasteiger partial charge in [-0.15, -0.1) is 0 Å². The van der Waals surface area contributed by atoms with Gasteiger partial charge >= 0.3 is 12.1 Å². The largest absolute Gasteiger partial charge is 0.445 e. The zero-order chi connectivity index (χ0) is 74.5. The standard InChI is InChI=1S/C73H110N12O15/c1-16-46(9)64(56(98-14)41-60(89)85-40-26-32-55(85)66(99-15)47(10)67(91)76-48(11)65(90)50-27-19-18-20-28-50)83(12)71(95)62(44(5)6)82-70(94)63(45(7)8)84(13)73(97)100-42-49-35-37-51(38-36-49)77-68(92)54(31-25-39-75-72(74)96)80-69(93)61(43(3)4)81-59(88)34-24-23-33-58(87)79-53-30-22-21-29-52(53)78-57(86)17-2/h17-22,27-30,35-38,43-48,54-56,61-66,90H,2,16,23-26,31-34,39-42H2,1,3-15H3,(H,76,91)(H,77,92)(H,78,86)(H,79,87)(H,80,93)(H,81,88)(H,82,94)(H3,74,75,96)/t46-,47+,48+,54-,55-,56+,61-,62-,63-,64-,65+,66+/m0/s1. The van der Waals surface area contributed by atoms with Crippen LogP contribution < -0.4 is 48.3 Å². The summed E-state index contributed by atoms with van der Waals surface area (Å²) >= 11 is 0. The minimum atomic E-state index is -1.14. The van der Waals surface area contributed by atoms with E-state index in [9.17, 15) is 57.8 Å². The molecule has 3 aromatic rings. The molecule has 27 nitrogen and oxygen atoms in total. The molecule has 0 unspecified atom stereocenters. The Kier molecular flexibility index (Phi) is 34.7. The lowest BCUT2D eigenvalue weighted by molar-refractivity contribution is -0.148. The number of nitrogens with one attached hydrogen (secondary N) is 8. The smallest absolute Gasteiger partial charge is 0.410 e. The molecule has 1 aliphatic heterocycles. The Morgan fingerprint density at radius 1 is 0.680 bits per heavy atom. The second-order valence-electron chi connectivity index (χ2n) is 26.8. The molecule has 11 N–H and O–H groups in total. The number of rotatable bonds is 40. The number of ether oxygens (including phenoxy) is 3. The Labute approximate surface area is 589 Å². The number of urea groups is 1. The summed E-state index contributed by atoms with van der Waals surface area (Å²) in [5.41, 5.74) is 7.57. The van der Waals surface area contributed by atoms with Crippen LogP contribution in [-0.2, 0) is 64.0 Å². The van der Waals surface area contributed by atoms with Gasteiger partial charge in [0.1, 0.15) is 30.8 Å². The molecule has 0 aliphatic carbocycles. The number of nitrogens with zero attached hydrogens (tertiary/aromatic N) is 3. The molecule has 0 bridgehead atoms. The number of amides is 12. The van der Waals surface area contributed by atoms with Crippen LogP contribution in [0.15, 0.2) is 91.5 Å². The fourth-order valence-electron chi connectivity index (χ4n) is 12.3. The average molecular weight is 1400 g/mol. The van der Waals surface area contributed by atoms with E-state index in [4.69, 9.17) is 19.9 Å². The van der Waals surface area contributed by atoms with E-state index in [2.05, 4.69) is 49.1 Å². The number of likely N-dealkylation sites (N-methyl/N-ethyl adjacent to an activating group) is 2. The Morgan fingerprint density at radius 2 is 1.29 bits per heavy atom. The molecule has 1 heterocycles. The highest BCUT2D eigenvalue weighted by atomic mass is 16.6. The van der Waals surface area contributed by atoms with E-state index in [0.29, 0.717) is 66.8 Å². The molecule has 3 aromatic carbocycles. The molecule has 1 saturated heterocycles. The summed E-state index contributed by atoms with van der Waals surface area (Å²) in [6.45, 7) is 21.7. The van der Waals surface area contributed by atoms with Crippen LogP contribution in [0.2, 0.25) is 0 Å². The predicted octanol–water partition coefficient (Wildman–Crippen LogP) is 6.92. The first kappa shape index (κ1) is 83.5. The molecule has 4 rings (SSSR count). The number of nitrogens with two attached hydrogens (primary N) is 1. The number of unbranched alkanes of at least 4 members (excludes halogenated alkanes) is 1. The van der Waals surface area contributed by atoms with Crippen LogP contribution >= 0.6 is 0 Å². The van der Waals surface area contributed by atoms with Crippen molar-refractivity contribution in [2.75, 3.05) is 57.4 Å². The van der Waals surface area contributed by atoms with Crippen LogP contribution in [-0.4, -0.2) is 181 Å². The third kappa shape index (κ3) is 25.3. The van der Waals surface area contributed by atoms with Crippen LogP contribution in [0.25, 0.3) is 0 Å². The Bertz CT molecular complexity index is 3210. The minimum Gasteiger partial charge on any atom is -0.445 e. The highest BCUT2D eigenvalue weighted by Crippen LogP contribution is 2.31. The lowest BCUT2D eigenvalue weighted by Crippen LogP contribution is -2.60. The SMILES string of the molecule is C=CC(=O)Nc1ccccc1NC(=O)CCCCC(=O)N[C@H](C(=O)N[C@@H](CCCNC(N)=O)C(=O)Nc1ccc(COC(=O)N(C)[C@H](C(=O)N[C@H](C(=O)N(C)[C@@H]([C@@H](C)CC)[C@@H](CC(=O)N2CCC[C@H]2[C@H](OC)[C@@H](C)C(=O)N[C@H](C)[C@@H](O)c2ccccc2)OC)C(C)C)C(C)C)cc1)C(C)C. The summed E-state index contributed by atoms with van der Waals surface area (Å²) in [6.07, 6.45) is 0.709. The van der Waals surface area contributed by atoms with Gasteiger partial charge in [0.2, 0.25) is 53.2 Å². The predicted molar refractivity (Wildman–Crippen MR) is 381 cm³/mol. The lowest BCUT2D eigenvalue weighted by Gasteiger charge is -2.41. The fourth-order valence-corrected chi connectivity index (χ4v) is 12.3. The van der Waals surface area contributed by atoms with Gasteiger partial charge in [-0.3, -0.25) is 48.1 Å². The van der Waals surface area contributed by atoms with Crippen molar-refractivity contribution in [3.05, 3.63) is 103 Å². The summed E-state index contributed by atoms with van der Waals surface area (Å²) in [5.74, 6) is -6.20. The molecule has 1 fully saturated rings. The van der Waals surface area contributed by atoms with Gasteiger partial charge in [-0.25, -0.2) is 9.59 Å². The maximum atomic E-state index is 14.8. The van der Waals surface area contributed by atoms with E-state index in [1.165, 1.54) is 26.2 Å². The van der Waals surface area contributed by atoms with E-state index in [-0.39, 0.29) is 68.9 Å². The number of anilines is 3. The molecule has 100 heavy (non-hydrogen) atoms. The van der Waals surface area contributed by atoms with Crippen LogP contribution in [0.3, 0.4) is 0 Å². The molecule has 0 aromatic heterocycles. The van der Waals surface area contributed by atoms with Gasteiger partial charge in [0, 0.05) is 59.9 Å². The van der Waals surface area contributed by atoms with E-state index in [1.54, 1.807) is 133 Å². The van der Waals surface area contributed by atoms with Crippen LogP contribution in [0.1, 0.15) is 151 Å². The highest BCUT2D eigenvalue weighted by Gasteiger charge is 2.44. The normalized spacial score (nSPS) is 16.1. The monoisotopic (exact) mass is 1390 g/mol. The number of carbonyl (C=O) groups excluding carboxylic acids is 11. The summed E-state index contributed by atoms with van der Waals surface area (Å²) in [6, 6.07) is 15.3. The molecule has 12 atom stereocenters. The molecule has 552 valence electrons. The van der Waals surface area contributed by atoms with Gasteiger partial charge in [-0.05, 0) is 111 Å². The fraction of sp³-hybridized carbons (Fsp3) is 0.575. The number of aliphatic hydroxyl groups is 1. The number of hydrogen-bond donors (Lipinski definition) is 10. The molecule has 27 heteroatoms. The molecule has 0 saturated carbocycles. The maximum Gasteiger partial charge on any atom is 0.410 e. The molecular weight excluding hydrogens is 1280 g/mol. The Morgan fingerprint density at radius 3 is 1.86 bits per heavy atom. The van der Waals surface area contributed by atoms with Gasteiger partial charge in [0.15, 0.2) is 0 Å². The molecular formula is C73H110N12O15. The first-order chi connectivity index (χ1) is 47.4. The highest BCUT2D eigenvalue weighted by molar-refractivity contribution is 6.03. The first-order valence-corrected chi connectivity index (χ1v) is 34.6. The first-order valence-electron chi connectivity index (χ1n) is 34.6. The van der Waals surface area contributed by atoms with Gasteiger partial charge in [0.25, 0.3) is 0 Å². The lowest BCUT2D eigenvalue weighted by atomic mass is 9.89. The number of aliphatic hydroxyl groups excluding tert-OH is 1. The zero-order valence-corrected chi connectivity index (χ0v) is 60.7. The van der Waals surface area contributed by atoms with E-state index in [0.717, 1.165) is 6.08 Å². The van der Waals surface area contributed by atoms with Crippen molar-refractivity contribution in [3.8, 4) is 0 Å². The summed E-state index contributed by atoms with van der Waals surface area (Å²) in [5, 5.41) is 33.0. The van der Waals surface area contributed by atoms with Crippen molar-refractivity contribution in [2.45, 2.75) is 201 Å². The van der Waals surface area contributed by atoms with Crippen LogP contribution in [0, 0.1) is 29.6 Å². The van der Waals surface area contributed by atoms with Crippen molar-refractivity contribution >= 4 is 82.4 Å². The number of methoxy groups -OCH3 is 2. The Balaban J connectivity index is 1.37. The van der Waals surface area contributed by atoms with Crippen molar-refractivity contribution in [1.82, 2.24) is 41.3 Å². The summed E-state index contributed by atoms with van der Waals surface area (Å²) in [7, 11) is 6.07. The maximum absolute atomic E-state index is 14.8. The number of para-hydroxylation sites is 2. The zero-order valence-electron chi connectivity index (χ0n) is 60.7. The quantitative estimate of drug-likeness (QED) is 0.0204. The van der Waals surface area contributed by atoms with Gasteiger partial charge < -0.3 is 77.4 Å². The van der Waals surface area contributed by atoms with Gasteiger partial charge in [0.05, 0.1) is 60.2 Å². The number of primary amides is 1. The second-order valence-corrected chi connectivity index (χ2v) is 26.8. The second kappa shape index (κ2) is 41.6. The van der Waals surface area contributed by atoms with Crippen LogP contribution in [0.5, 0.6) is 0 Å². The van der Waals surface area contributed by atoms with E-state index >= 15 is 0 Å². The number of carbonyl (C=O) groups is 11. The summed E-state index contributed by atoms with van der Waals surface area (Å²) < 4.78 is 17.8.